The first kappa shape index (κ1) is 8.60. The van der Waals surface area contributed by atoms with E-state index in [4.69, 9.17) is 0 Å². The lowest BCUT2D eigenvalue weighted by molar-refractivity contribution is 0.443. The molecule has 11 heavy (non-hydrogen) atoms. The highest BCUT2D eigenvalue weighted by molar-refractivity contribution is 7.08. The molecule has 62 valence electrons. The molecular weight excluding hydrogens is 154 g/mol. The summed E-state index contributed by atoms with van der Waals surface area (Å²) in [5.74, 6) is 0. The summed E-state index contributed by atoms with van der Waals surface area (Å²) in [5, 5.41) is 7.59. The number of hydrogen-bond acceptors (Lipinski definition) is 2. The van der Waals surface area contributed by atoms with E-state index in [1.165, 1.54) is 5.69 Å². The summed E-state index contributed by atoms with van der Waals surface area (Å²) in [7, 11) is 0. The van der Waals surface area contributed by atoms with E-state index in [-0.39, 0.29) is 0 Å². The molecule has 0 aromatic carbocycles. The quantitative estimate of drug-likeness (QED) is 0.717. The molecule has 1 rings (SSSR count). The van der Waals surface area contributed by atoms with E-state index in [1.807, 2.05) is 0 Å². The van der Waals surface area contributed by atoms with Crippen molar-refractivity contribution in [1.82, 2.24) is 0 Å². The van der Waals surface area contributed by atoms with E-state index in [2.05, 4.69) is 42.9 Å². The van der Waals surface area contributed by atoms with Crippen LogP contribution in [0.4, 0.5) is 5.69 Å². The molecule has 1 nitrogen and oxygen atoms in total. The second-order valence-electron chi connectivity index (χ2n) is 3.93. The zero-order valence-corrected chi connectivity index (χ0v) is 8.16. The van der Waals surface area contributed by atoms with Crippen molar-refractivity contribution in [2.75, 3.05) is 11.9 Å². The summed E-state index contributed by atoms with van der Waals surface area (Å²) in [6, 6.07) is 2.11. The largest absolute Gasteiger partial charge is 0.384 e. The maximum absolute atomic E-state index is 3.38. The van der Waals surface area contributed by atoms with E-state index in [9.17, 15) is 0 Å². The van der Waals surface area contributed by atoms with Gasteiger partial charge in [0, 0.05) is 17.6 Å². The molecule has 1 N–H and O–H groups in total. The molecule has 1 aromatic rings. The van der Waals surface area contributed by atoms with Crippen molar-refractivity contribution >= 4 is 17.0 Å². The molecule has 0 saturated heterocycles. The number of thiophene rings is 1. The number of nitrogens with one attached hydrogen (secondary N) is 1. The van der Waals surface area contributed by atoms with Crippen LogP contribution in [0.2, 0.25) is 0 Å². The average molecular weight is 169 g/mol. The minimum atomic E-state index is 0.363. The molecule has 0 fully saturated rings. The van der Waals surface area contributed by atoms with Crippen molar-refractivity contribution in [3.8, 4) is 0 Å². The Hall–Kier alpha value is -0.500. The smallest absolute Gasteiger partial charge is 0.0449 e. The number of rotatable bonds is 2. The Labute approximate surface area is 72.4 Å². The van der Waals surface area contributed by atoms with Crippen LogP contribution >= 0.6 is 11.3 Å². The highest BCUT2D eigenvalue weighted by Gasteiger charge is 2.08. The molecule has 0 aliphatic carbocycles. The van der Waals surface area contributed by atoms with Crippen LogP contribution in [0, 0.1) is 5.41 Å². The highest BCUT2D eigenvalue weighted by Crippen LogP contribution is 2.17. The summed E-state index contributed by atoms with van der Waals surface area (Å²) >= 11 is 1.73. The van der Waals surface area contributed by atoms with E-state index < -0.39 is 0 Å². The number of hydrogen-bond donors (Lipinski definition) is 1. The maximum Gasteiger partial charge on any atom is 0.0449 e. The molecule has 1 heterocycles. The van der Waals surface area contributed by atoms with Gasteiger partial charge in [0.2, 0.25) is 0 Å². The van der Waals surface area contributed by atoms with Gasteiger partial charge < -0.3 is 5.32 Å². The van der Waals surface area contributed by atoms with Crippen molar-refractivity contribution in [2.45, 2.75) is 20.8 Å². The molecule has 0 aliphatic rings. The fourth-order valence-corrected chi connectivity index (χ4v) is 1.34. The van der Waals surface area contributed by atoms with E-state index in [1.54, 1.807) is 11.3 Å². The third-order valence-electron chi connectivity index (χ3n) is 1.34. The molecule has 1 aromatic heterocycles. The van der Waals surface area contributed by atoms with Gasteiger partial charge in [-0.2, -0.15) is 11.3 Å². The van der Waals surface area contributed by atoms with E-state index in [0.717, 1.165) is 6.54 Å². The summed E-state index contributed by atoms with van der Waals surface area (Å²) < 4.78 is 0. The Morgan fingerprint density at radius 1 is 1.45 bits per heavy atom. The normalized spacial score (nSPS) is 11.5. The van der Waals surface area contributed by atoms with Gasteiger partial charge in [0.15, 0.2) is 0 Å². The summed E-state index contributed by atoms with van der Waals surface area (Å²) in [4.78, 5) is 0. The second-order valence-corrected chi connectivity index (χ2v) is 4.71. The van der Waals surface area contributed by atoms with Gasteiger partial charge in [-0.25, -0.2) is 0 Å². The Morgan fingerprint density at radius 2 is 2.18 bits per heavy atom. The van der Waals surface area contributed by atoms with Crippen molar-refractivity contribution in [3.05, 3.63) is 16.8 Å². The van der Waals surface area contributed by atoms with Crippen LogP contribution in [0.3, 0.4) is 0 Å². The molecule has 0 saturated carbocycles. The van der Waals surface area contributed by atoms with Crippen molar-refractivity contribution in [3.63, 3.8) is 0 Å². The van der Waals surface area contributed by atoms with Crippen LogP contribution in [-0.2, 0) is 0 Å². The molecular formula is C9H15NS. The molecule has 2 heteroatoms. The minimum absolute atomic E-state index is 0.363. The highest BCUT2D eigenvalue weighted by atomic mass is 32.1. The zero-order valence-electron chi connectivity index (χ0n) is 7.35. The van der Waals surface area contributed by atoms with Crippen molar-refractivity contribution in [1.29, 1.82) is 0 Å². The Balaban J connectivity index is 2.35. The van der Waals surface area contributed by atoms with E-state index >= 15 is 0 Å². The summed E-state index contributed by atoms with van der Waals surface area (Å²) in [6.07, 6.45) is 0. The van der Waals surface area contributed by atoms with Gasteiger partial charge in [-0.05, 0) is 16.9 Å². The third-order valence-corrected chi connectivity index (χ3v) is 2.03. The second kappa shape index (κ2) is 3.26. The molecule has 0 amide bonds. The predicted octanol–water partition coefficient (Wildman–Crippen LogP) is 3.21. The molecule has 0 radical (unpaired) electrons. The van der Waals surface area contributed by atoms with Gasteiger partial charge >= 0.3 is 0 Å². The van der Waals surface area contributed by atoms with Crippen LogP contribution in [0.5, 0.6) is 0 Å². The standard InChI is InChI=1S/C9H15NS/c1-9(2,3)7-10-8-4-5-11-6-8/h4-6,10H,7H2,1-3H3. The van der Waals surface area contributed by atoms with E-state index in [0.29, 0.717) is 5.41 Å². The fourth-order valence-electron chi connectivity index (χ4n) is 0.732. The first-order valence-corrected chi connectivity index (χ1v) is 4.78. The van der Waals surface area contributed by atoms with Gasteiger partial charge in [0.25, 0.3) is 0 Å². The minimum Gasteiger partial charge on any atom is -0.384 e. The van der Waals surface area contributed by atoms with Crippen LogP contribution in [0.1, 0.15) is 20.8 Å². The van der Waals surface area contributed by atoms with Gasteiger partial charge in [-0.3, -0.25) is 0 Å². The first-order valence-electron chi connectivity index (χ1n) is 3.84. The summed E-state index contributed by atoms with van der Waals surface area (Å²) in [6.45, 7) is 7.72. The zero-order chi connectivity index (χ0) is 8.32. The first-order chi connectivity index (χ1) is 5.08. The SMILES string of the molecule is CC(C)(C)CNc1ccsc1. The topological polar surface area (TPSA) is 12.0 Å². The molecule has 0 spiro atoms. The van der Waals surface area contributed by atoms with Crippen molar-refractivity contribution < 1.29 is 0 Å². The maximum atomic E-state index is 3.38. The fraction of sp³-hybridized carbons (Fsp3) is 0.556. The van der Waals surface area contributed by atoms with Gasteiger partial charge in [0.05, 0.1) is 0 Å². The van der Waals surface area contributed by atoms with Gasteiger partial charge in [-0.1, -0.05) is 20.8 Å². The Kier molecular flexibility index (Phi) is 2.55. The monoisotopic (exact) mass is 169 g/mol. The Morgan fingerprint density at radius 3 is 2.64 bits per heavy atom. The molecule has 0 atom stereocenters. The van der Waals surface area contributed by atoms with Crippen LogP contribution < -0.4 is 5.32 Å². The Bertz CT molecular complexity index is 196. The molecule has 0 unspecified atom stereocenters. The van der Waals surface area contributed by atoms with Crippen LogP contribution in [0.15, 0.2) is 16.8 Å². The summed E-state index contributed by atoms with van der Waals surface area (Å²) in [5.41, 5.74) is 1.60. The lowest BCUT2D eigenvalue weighted by Crippen LogP contribution is -2.18. The lowest BCUT2D eigenvalue weighted by atomic mass is 9.97. The van der Waals surface area contributed by atoms with Crippen LogP contribution in [0.25, 0.3) is 0 Å². The average Bonchev–Trinajstić information content (AvgIpc) is 2.32. The predicted molar refractivity (Wildman–Crippen MR) is 52.3 cm³/mol. The third kappa shape index (κ3) is 3.42. The molecule has 0 bridgehead atoms. The number of anilines is 1. The van der Waals surface area contributed by atoms with Gasteiger partial charge in [-0.15, -0.1) is 0 Å². The van der Waals surface area contributed by atoms with Crippen molar-refractivity contribution in [2.24, 2.45) is 5.41 Å². The lowest BCUT2D eigenvalue weighted by Gasteiger charge is -2.18. The van der Waals surface area contributed by atoms with Crippen LogP contribution in [-0.4, -0.2) is 6.54 Å². The molecule has 0 aliphatic heterocycles. The van der Waals surface area contributed by atoms with Gasteiger partial charge in [0.1, 0.15) is 0 Å².